The third kappa shape index (κ3) is 12.9. The van der Waals surface area contributed by atoms with Crippen molar-refractivity contribution in [1.29, 1.82) is 0 Å². The number of ether oxygens (including phenoxy) is 3. The summed E-state index contributed by atoms with van der Waals surface area (Å²) in [5, 5.41) is 7.92. The molecule has 3 amide bonds. The Morgan fingerprint density at radius 3 is 2.39 bits per heavy atom. The van der Waals surface area contributed by atoms with Crippen molar-refractivity contribution in [3.63, 3.8) is 0 Å². The standard InChI is InChI=1S/C44H57N7O7S.7H2S/c1-10-50-32-17-16-26-20-28(32)29(37(50)27-14-12-18-45-35(27)25(4)56-9)21-44(5,6)23-58-43(55)30-15-13-19-51(48-30)42(54)36(38(57-11-2)40-46-31(26)22-59-40)47-39(52)33-24(3)34(33)41(53)49(7)8;;;;;;;/h12,14,16-18,20,22,24-25,30,33-34,36,38,48H,10-11,13,15,19,21,23H2,1-9H3,(H,47,52);7*1H2/t24-,25-,30-,33-,34-,36-,38-;;;;;;;/m0......./s1. The Morgan fingerprint density at radius 2 is 1.76 bits per heavy atom. The van der Waals surface area contributed by atoms with Gasteiger partial charge in [-0.1, -0.05) is 26.8 Å². The predicted molar refractivity (Wildman–Crippen MR) is 297 cm³/mol. The van der Waals surface area contributed by atoms with Crippen molar-refractivity contribution in [3.8, 4) is 22.5 Å². The van der Waals surface area contributed by atoms with E-state index >= 15 is 0 Å². The zero-order valence-corrected chi connectivity index (χ0v) is 46.9. The van der Waals surface area contributed by atoms with Crippen molar-refractivity contribution in [2.45, 2.75) is 91.6 Å². The average molecular weight is 1070 g/mol. The summed E-state index contributed by atoms with van der Waals surface area (Å²) in [7, 11) is 5.03. The van der Waals surface area contributed by atoms with Crippen molar-refractivity contribution in [3.05, 3.63) is 58.2 Å². The molecule has 3 aromatic heterocycles. The maximum absolute atomic E-state index is 14.7. The van der Waals surface area contributed by atoms with Crippen LogP contribution in [0.1, 0.15) is 82.9 Å². The van der Waals surface area contributed by atoms with Crippen LogP contribution in [0.5, 0.6) is 0 Å². The van der Waals surface area contributed by atoms with E-state index in [1.165, 1.54) is 21.2 Å². The van der Waals surface area contributed by atoms with Crippen LogP contribution < -0.4 is 10.7 Å². The molecule has 66 heavy (non-hydrogen) atoms. The topological polar surface area (TPSA) is 157 Å². The number of rotatable bonds is 9. The maximum Gasteiger partial charge on any atom is 0.324 e. The molecule has 1 aromatic carbocycles. The van der Waals surface area contributed by atoms with Crippen LogP contribution >= 0.6 is 106 Å². The molecule has 2 N–H and O–H groups in total. The zero-order valence-electron chi connectivity index (χ0n) is 39.0. The van der Waals surface area contributed by atoms with Gasteiger partial charge in [0.05, 0.1) is 41.6 Å². The number of carbonyl (C=O) groups is 4. The first-order chi connectivity index (χ1) is 28.2. The van der Waals surface area contributed by atoms with Gasteiger partial charge < -0.3 is 29.0 Å². The number of hydrazine groups is 1. The number of esters is 1. The van der Waals surface area contributed by atoms with Gasteiger partial charge in [-0.2, -0.15) is 94.5 Å². The second kappa shape index (κ2) is 26.7. The van der Waals surface area contributed by atoms with Crippen LogP contribution in [-0.2, 0) is 46.4 Å². The number of benzene rings is 1. The van der Waals surface area contributed by atoms with Gasteiger partial charge in [0.25, 0.3) is 5.91 Å². The second-order valence-corrected chi connectivity index (χ2v) is 17.8. The van der Waals surface area contributed by atoms with E-state index < -0.39 is 53.2 Å². The number of hydrogen-bond donors (Lipinski definition) is 2. The minimum atomic E-state index is -1.21. The lowest BCUT2D eigenvalue weighted by Crippen LogP contribution is -2.61. The summed E-state index contributed by atoms with van der Waals surface area (Å²) in [4.78, 5) is 66.8. The molecule has 1 aliphatic carbocycles. The Kier molecular flexibility index (Phi) is 25.7. The number of nitrogens with zero attached hydrogens (tertiary/aromatic N) is 5. The number of amides is 3. The molecule has 7 atom stereocenters. The van der Waals surface area contributed by atoms with Gasteiger partial charge in [0.15, 0.2) is 0 Å². The third-order valence-electron chi connectivity index (χ3n) is 12.0. The summed E-state index contributed by atoms with van der Waals surface area (Å²) in [5.74, 6) is -2.72. The van der Waals surface area contributed by atoms with E-state index in [1.807, 2.05) is 32.2 Å². The number of aromatic nitrogens is 3. The fourth-order valence-electron chi connectivity index (χ4n) is 8.73. The highest BCUT2D eigenvalue weighted by Gasteiger charge is 2.57. The van der Waals surface area contributed by atoms with Crippen LogP contribution in [0.3, 0.4) is 0 Å². The molecule has 22 heteroatoms. The molecule has 0 spiro atoms. The largest absolute Gasteiger partial charge is 0.464 e. The van der Waals surface area contributed by atoms with E-state index in [0.717, 1.165) is 39.0 Å². The van der Waals surface area contributed by atoms with Crippen molar-refractivity contribution in [2.75, 3.05) is 41.0 Å². The van der Waals surface area contributed by atoms with E-state index in [9.17, 15) is 19.2 Å². The van der Waals surface area contributed by atoms with Crippen LogP contribution in [0.4, 0.5) is 0 Å². The molecular formula is C44H71N7O7S8. The minimum Gasteiger partial charge on any atom is -0.464 e. The van der Waals surface area contributed by atoms with Gasteiger partial charge in [0, 0.05) is 79.9 Å². The van der Waals surface area contributed by atoms with Gasteiger partial charge in [-0.05, 0) is 75.8 Å². The van der Waals surface area contributed by atoms with Gasteiger partial charge in [-0.15, -0.1) is 11.3 Å². The highest BCUT2D eigenvalue weighted by atomic mass is 32.1. The van der Waals surface area contributed by atoms with Crippen LogP contribution in [0.25, 0.3) is 33.4 Å². The fraction of sp³-hybridized carbons (Fsp3) is 0.545. The van der Waals surface area contributed by atoms with E-state index in [4.69, 9.17) is 24.2 Å². The fourth-order valence-corrected chi connectivity index (χ4v) is 9.64. The highest BCUT2D eigenvalue weighted by molar-refractivity contribution is 7.60. The Morgan fingerprint density at radius 1 is 1.06 bits per heavy atom. The number of aryl methyl sites for hydroxylation is 1. The summed E-state index contributed by atoms with van der Waals surface area (Å²) >= 11 is 1.36. The number of fused-ring (bicyclic) bond motifs is 6. The molecule has 2 aliphatic heterocycles. The molecule has 4 aromatic rings. The van der Waals surface area contributed by atoms with Crippen LogP contribution in [0.15, 0.2) is 41.9 Å². The predicted octanol–water partition coefficient (Wildman–Crippen LogP) is 6.50. The molecule has 2 fully saturated rings. The molecule has 372 valence electrons. The van der Waals surface area contributed by atoms with Gasteiger partial charge >= 0.3 is 5.97 Å². The number of nitrogens with one attached hydrogen (secondary N) is 2. The highest BCUT2D eigenvalue weighted by Crippen LogP contribution is 2.47. The van der Waals surface area contributed by atoms with Crippen molar-refractivity contribution < 1.29 is 33.4 Å². The SMILES string of the molecule is CCO[C@@H]1c2nc(cs2)-c2ccc3c(c2)c(c(-c2cccnc2[C@H](C)OC)n3CC)CC(C)(C)COC(=O)[C@@H]2CCCN(N2)C(=O)[C@H]1NC(=O)[C@H]1[C@H](C)[C@@H]1C(=O)N(C)C.S.S.S.S.S.S.S. The summed E-state index contributed by atoms with van der Waals surface area (Å²) < 4.78 is 20.5. The molecule has 3 aliphatic rings. The first-order valence-corrected chi connectivity index (χ1v) is 21.5. The molecule has 0 unspecified atom stereocenters. The molecule has 1 saturated heterocycles. The van der Waals surface area contributed by atoms with E-state index in [-0.39, 0.29) is 126 Å². The molecule has 7 rings (SSSR count). The van der Waals surface area contributed by atoms with Crippen molar-refractivity contribution in [1.82, 2.24) is 35.2 Å². The second-order valence-electron chi connectivity index (χ2n) is 17.0. The Labute approximate surface area is 442 Å². The number of methoxy groups -OCH3 is 1. The lowest BCUT2D eigenvalue weighted by Gasteiger charge is -2.37. The molecule has 1 saturated carbocycles. The molecule has 5 heterocycles. The Bertz CT molecular complexity index is 2260. The van der Waals surface area contributed by atoms with Crippen LogP contribution in [-0.4, -0.2) is 101 Å². The quantitative estimate of drug-likeness (QED) is 0.178. The minimum absolute atomic E-state index is 0. The molecule has 14 nitrogen and oxygen atoms in total. The van der Waals surface area contributed by atoms with E-state index in [0.29, 0.717) is 43.1 Å². The Hall–Kier alpha value is -2.25. The van der Waals surface area contributed by atoms with Gasteiger partial charge in [0.2, 0.25) is 11.8 Å². The van der Waals surface area contributed by atoms with Gasteiger partial charge in [0.1, 0.15) is 23.2 Å². The number of hydrogen-bond acceptors (Lipinski definition) is 11. The normalized spacial score (nSPS) is 22.3. The summed E-state index contributed by atoms with van der Waals surface area (Å²) in [6.07, 6.45) is 2.16. The molecule has 0 radical (unpaired) electrons. The first-order valence-electron chi connectivity index (χ1n) is 20.7. The summed E-state index contributed by atoms with van der Waals surface area (Å²) in [6.45, 7) is 13.4. The lowest BCUT2D eigenvalue weighted by molar-refractivity contribution is -0.156. The number of carbonyl (C=O) groups excluding carboxylic acids is 4. The molecule has 6 bridgehead atoms. The first kappa shape index (κ1) is 63.8. The van der Waals surface area contributed by atoms with Gasteiger partial charge in [-0.25, -0.2) is 10.4 Å². The zero-order chi connectivity index (χ0) is 42.3. The lowest BCUT2D eigenvalue weighted by atomic mass is 9.84. The van der Waals surface area contributed by atoms with E-state index in [1.54, 1.807) is 27.4 Å². The van der Waals surface area contributed by atoms with Crippen molar-refractivity contribution in [2.24, 2.45) is 23.2 Å². The van der Waals surface area contributed by atoms with Crippen LogP contribution in [0, 0.1) is 23.2 Å². The van der Waals surface area contributed by atoms with Gasteiger partial charge in [-0.3, -0.25) is 29.2 Å². The van der Waals surface area contributed by atoms with Crippen LogP contribution in [0.2, 0.25) is 0 Å². The Balaban J connectivity index is 0.00000604. The average Bonchev–Trinajstić information content (AvgIpc) is 3.51. The summed E-state index contributed by atoms with van der Waals surface area (Å²) in [5.41, 5.74) is 9.21. The van der Waals surface area contributed by atoms with Crippen molar-refractivity contribution >= 4 is 140 Å². The number of thiazole rings is 1. The maximum atomic E-state index is 14.7. The number of cyclic esters (lactones) is 1. The molecular weight excluding hydrogens is 995 g/mol. The summed E-state index contributed by atoms with van der Waals surface area (Å²) in [6, 6.07) is 8.40. The third-order valence-corrected chi connectivity index (χ3v) is 12.9. The number of pyridine rings is 1. The smallest absolute Gasteiger partial charge is 0.324 e. The monoisotopic (exact) mass is 1070 g/mol. The van der Waals surface area contributed by atoms with E-state index in [2.05, 4.69) is 60.3 Å².